The maximum Gasteiger partial charge on any atom is 0.274 e. The Morgan fingerprint density at radius 1 is 1.03 bits per heavy atom. The molecule has 4 nitrogen and oxygen atoms in total. The van der Waals surface area contributed by atoms with Gasteiger partial charge in [0, 0.05) is 0 Å². The van der Waals surface area contributed by atoms with Gasteiger partial charge in [0.1, 0.15) is 11.6 Å². The van der Waals surface area contributed by atoms with Crippen molar-refractivity contribution in [1.82, 2.24) is 4.98 Å². The van der Waals surface area contributed by atoms with Gasteiger partial charge in [0.2, 0.25) is 0 Å². The molecular weight excluding hydrogens is 399 g/mol. The van der Waals surface area contributed by atoms with Crippen molar-refractivity contribution in [3.8, 4) is 5.75 Å². The van der Waals surface area contributed by atoms with Crippen LogP contribution in [0.15, 0.2) is 66.7 Å². The summed E-state index contributed by atoms with van der Waals surface area (Å²) in [6.45, 7) is 5.68. The van der Waals surface area contributed by atoms with Crippen LogP contribution in [-0.4, -0.2) is 17.0 Å². The van der Waals surface area contributed by atoms with Gasteiger partial charge in [-0.2, -0.15) is 0 Å². The molecule has 0 saturated carbocycles. The van der Waals surface area contributed by atoms with E-state index in [0.29, 0.717) is 10.9 Å². The molecule has 0 aliphatic rings. The van der Waals surface area contributed by atoms with Crippen molar-refractivity contribution < 1.29 is 13.9 Å². The van der Waals surface area contributed by atoms with Gasteiger partial charge in [0.15, 0.2) is 11.2 Å². The number of aromatic nitrogens is 1. The van der Waals surface area contributed by atoms with E-state index >= 15 is 0 Å². The molecule has 3 aromatic carbocycles. The van der Waals surface area contributed by atoms with Gasteiger partial charge in [0.25, 0.3) is 5.91 Å². The number of nitrogens with zero attached hydrogens (tertiary/aromatic N) is 2. The van der Waals surface area contributed by atoms with Crippen molar-refractivity contribution in [3.05, 3.63) is 83.7 Å². The molecule has 1 atom stereocenters. The van der Waals surface area contributed by atoms with E-state index in [1.807, 2.05) is 50.2 Å². The molecule has 6 heteroatoms. The molecule has 1 heterocycles. The summed E-state index contributed by atoms with van der Waals surface area (Å²) in [5.74, 6) is -0.169. The van der Waals surface area contributed by atoms with Crippen LogP contribution in [-0.2, 0) is 4.79 Å². The predicted octanol–water partition coefficient (Wildman–Crippen LogP) is 6.18. The topological polar surface area (TPSA) is 42.4 Å². The second kappa shape index (κ2) is 8.24. The summed E-state index contributed by atoms with van der Waals surface area (Å²) >= 11 is 1.45. The molecule has 1 unspecified atom stereocenters. The highest BCUT2D eigenvalue weighted by Crippen LogP contribution is 2.35. The van der Waals surface area contributed by atoms with Crippen molar-refractivity contribution in [1.29, 1.82) is 0 Å². The zero-order chi connectivity index (χ0) is 21.3. The average Bonchev–Trinajstić information content (AvgIpc) is 3.12. The number of thiazole rings is 1. The van der Waals surface area contributed by atoms with Crippen molar-refractivity contribution >= 4 is 38.3 Å². The number of amides is 1. The first-order valence-electron chi connectivity index (χ1n) is 9.61. The van der Waals surface area contributed by atoms with Crippen LogP contribution in [0.25, 0.3) is 10.2 Å². The number of benzene rings is 3. The molecule has 0 fully saturated rings. The van der Waals surface area contributed by atoms with E-state index in [2.05, 4.69) is 11.1 Å². The minimum absolute atomic E-state index is 0.247. The number of rotatable bonds is 5. The highest BCUT2D eigenvalue weighted by atomic mass is 32.1. The number of anilines is 2. The lowest BCUT2D eigenvalue weighted by Crippen LogP contribution is -2.37. The summed E-state index contributed by atoms with van der Waals surface area (Å²) < 4.78 is 20.0. The Balaban J connectivity index is 1.73. The summed E-state index contributed by atoms with van der Waals surface area (Å²) in [4.78, 5) is 19.8. The second-order valence-electron chi connectivity index (χ2n) is 7.20. The van der Waals surface area contributed by atoms with Crippen LogP contribution in [0.5, 0.6) is 5.75 Å². The van der Waals surface area contributed by atoms with E-state index in [4.69, 9.17) is 4.74 Å². The molecule has 0 N–H and O–H groups in total. The third-order valence-electron chi connectivity index (χ3n) is 4.63. The van der Waals surface area contributed by atoms with Gasteiger partial charge in [-0.3, -0.25) is 9.69 Å². The van der Waals surface area contributed by atoms with E-state index in [-0.39, 0.29) is 11.7 Å². The van der Waals surface area contributed by atoms with Crippen molar-refractivity contribution in [2.45, 2.75) is 26.9 Å². The van der Waals surface area contributed by atoms with Crippen LogP contribution in [0.1, 0.15) is 18.1 Å². The van der Waals surface area contributed by atoms with Crippen LogP contribution in [0.4, 0.5) is 15.2 Å². The van der Waals surface area contributed by atoms with Crippen LogP contribution in [0, 0.1) is 19.7 Å². The highest BCUT2D eigenvalue weighted by Gasteiger charge is 2.28. The fourth-order valence-electron chi connectivity index (χ4n) is 3.32. The molecule has 4 rings (SSSR count). The monoisotopic (exact) mass is 420 g/mol. The van der Waals surface area contributed by atoms with E-state index in [0.717, 1.165) is 27.0 Å². The summed E-state index contributed by atoms with van der Waals surface area (Å²) in [7, 11) is 0. The summed E-state index contributed by atoms with van der Waals surface area (Å²) in [6.07, 6.45) is -0.789. The van der Waals surface area contributed by atoms with Gasteiger partial charge >= 0.3 is 0 Å². The Morgan fingerprint density at radius 3 is 2.37 bits per heavy atom. The summed E-state index contributed by atoms with van der Waals surface area (Å²) in [5.41, 5.74) is 3.69. The Bertz CT molecular complexity index is 1150. The number of halogens is 1. The van der Waals surface area contributed by atoms with Crippen LogP contribution >= 0.6 is 11.3 Å². The predicted molar refractivity (Wildman–Crippen MR) is 119 cm³/mol. The van der Waals surface area contributed by atoms with E-state index in [9.17, 15) is 9.18 Å². The quantitative estimate of drug-likeness (QED) is 0.387. The molecule has 0 spiro atoms. The van der Waals surface area contributed by atoms with Gasteiger partial charge in [-0.1, -0.05) is 29.5 Å². The summed E-state index contributed by atoms with van der Waals surface area (Å²) in [6, 6.07) is 19.4. The lowest BCUT2D eigenvalue weighted by Gasteiger charge is -2.24. The standard InChI is InChI=1S/C24H21FN2O2S/c1-15-12-16(2)14-19(13-15)27(24-26-21-6-4-5-7-22(21)30-24)23(28)17(3)29-20-10-8-18(25)9-11-20/h4-14,17H,1-3H3. The zero-order valence-electron chi connectivity index (χ0n) is 16.9. The molecule has 1 amide bonds. The normalized spacial score (nSPS) is 12.0. The molecule has 30 heavy (non-hydrogen) atoms. The average molecular weight is 421 g/mol. The largest absolute Gasteiger partial charge is 0.481 e. The molecule has 0 aliphatic heterocycles. The van der Waals surface area contributed by atoms with E-state index in [1.54, 1.807) is 11.8 Å². The highest BCUT2D eigenvalue weighted by molar-refractivity contribution is 7.22. The number of hydrogen-bond acceptors (Lipinski definition) is 4. The number of carbonyl (C=O) groups is 1. The first-order valence-corrected chi connectivity index (χ1v) is 10.4. The van der Waals surface area contributed by atoms with Gasteiger partial charge in [-0.25, -0.2) is 9.37 Å². The second-order valence-corrected chi connectivity index (χ2v) is 8.21. The van der Waals surface area contributed by atoms with Crippen LogP contribution in [0.3, 0.4) is 0 Å². The molecule has 0 aliphatic carbocycles. The van der Waals surface area contributed by atoms with Gasteiger partial charge < -0.3 is 4.74 Å². The summed E-state index contributed by atoms with van der Waals surface area (Å²) in [5, 5.41) is 0.584. The first-order chi connectivity index (χ1) is 14.4. The molecule has 4 aromatic rings. The smallest absolute Gasteiger partial charge is 0.274 e. The molecule has 0 radical (unpaired) electrons. The third-order valence-corrected chi connectivity index (χ3v) is 5.65. The van der Waals surface area contributed by atoms with Crippen molar-refractivity contribution in [2.24, 2.45) is 0 Å². The lowest BCUT2D eigenvalue weighted by atomic mass is 10.1. The number of para-hydroxylation sites is 1. The fraction of sp³-hybridized carbons (Fsp3) is 0.167. The molecular formula is C24H21FN2O2S. The Morgan fingerprint density at radius 2 is 1.70 bits per heavy atom. The van der Waals surface area contributed by atoms with Gasteiger partial charge in [0.05, 0.1) is 15.9 Å². The SMILES string of the molecule is Cc1cc(C)cc(N(C(=O)C(C)Oc2ccc(F)cc2)c2nc3ccccc3s2)c1. The molecule has 0 saturated heterocycles. The first kappa shape index (κ1) is 20.0. The van der Waals surface area contributed by atoms with Crippen molar-refractivity contribution in [3.63, 3.8) is 0 Å². The third kappa shape index (κ3) is 4.19. The Kier molecular flexibility index (Phi) is 5.50. The van der Waals surface area contributed by atoms with Gasteiger partial charge in [-0.15, -0.1) is 0 Å². The Hall–Kier alpha value is -3.25. The van der Waals surface area contributed by atoms with Crippen LogP contribution in [0.2, 0.25) is 0 Å². The van der Waals surface area contributed by atoms with E-state index < -0.39 is 6.10 Å². The van der Waals surface area contributed by atoms with Crippen LogP contribution < -0.4 is 9.64 Å². The number of carbonyl (C=O) groups excluding carboxylic acids is 1. The Labute approximate surface area is 178 Å². The molecule has 152 valence electrons. The molecule has 0 bridgehead atoms. The number of ether oxygens (including phenoxy) is 1. The van der Waals surface area contributed by atoms with Gasteiger partial charge in [-0.05, 0) is 80.4 Å². The number of aryl methyl sites for hydroxylation is 2. The lowest BCUT2D eigenvalue weighted by molar-refractivity contribution is -0.123. The zero-order valence-corrected chi connectivity index (χ0v) is 17.7. The maximum atomic E-state index is 13.5. The maximum absolute atomic E-state index is 13.5. The van der Waals surface area contributed by atoms with E-state index in [1.165, 1.54) is 35.6 Å². The van der Waals surface area contributed by atoms with Crippen molar-refractivity contribution in [2.75, 3.05) is 4.90 Å². The minimum Gasteiger partial charge on any atom is -0.481 e. The minimum atomic E-state index is -0.789. The fourth-order valence-corrected chi connectivity index (χ4v) is 4.31. The molecule has 1 aromatic heterocycles. The number of fused-ring (bicyclic) bond motifs is 1. The number of hydrogen-bond donors (Lipinski definition) is 0.